The summed E-state index contributed by atoms with van der Waals surface area (Å²) in [5.41, 5.74) is 1.86. The number of carbonyl (C=O) groups excluding carboxylic acids is 2. The van der Waals surface area contributed by atoms with Gasteiger partial charge in [-0.15, -0.1) is 0 Å². The van der Waals surface area contributed by atoms with E-state index in [0.717, 1.165) is 10.0 Å². The smallest absolute Gasteiger partial charge is 0.338 e. The molecule has 2 aromatic carbocycles. The Balaban J connectivity index is 2.01. The van der Waals surface area contributed by atoms with Gasteiger partial charge in [-0.3, -0.25) is 4.79 Å². The van der Waals surface area contributed by atoms with Gasteiger partial charge in [0.2, 0.25) is 0 Å². The van der Waals surface area contributed by atoms with Gasteiger partial charge in [0.25, 0.3) is 5.91 Å². The number of halogens is 1. The zero-order valence-electron chi connectivity index (χ0n) is 14.3. The van der Waals surface area contributed by atoms with Crippen LogP contribution in [0.4, 0.5) is 5.69 Å². The number of hydrogen-bond acceptors (Lipinski definition) is 4. The molecular formula is C19H20BrNO4. The van der Waals surface area contributed by atoms with Crippen LogP contribution in [0.5, 0.6) is 5.75 Å². The number of esters is 1. The third-order valence-electron chi connectivity index (χ3n) is 3.49. The van der Waals surface area contributed by atoms with Gasteiger partial charge < -0.3 is 14.8 Å². The van der Waals surface area contributed by atoms with Crippen molar-refractivity contribution in [2.24, 2.45) is 0 Å². The molecule has 0 saturated heterocycles. The van der Waals surface area contributed by atoms with E-state index in [2.05, 4.69) is 21.2 Å². The Hall–Kier alpha value is -2.34. The molecule has 0 fully saturated rings. The van der Waals surface area contributed by atoms with E-state index in [-0.39, 0.29) is 11.9 Å². The van der Waals surface area contributed by atoms with Crippen molar-refractivity contribution in [2.75, 3.05) is 11.9 Å². The van der Waals surface area contributed by atoms with E-state index in [9.17, 15) is 9.59 Å². The minimum Gasteiger partial charge on any atom is -0.481 e. The molecule has 0 unspecified atom stereocenters. The van der Waals surface area contributed by atoms with Crippen molar-refractivity contribution < 1.29 is 19.1 Å². The van der Waals surface area contributed by atoms with Crippen LogP contribution in [0, 0.1) is 6.92 Å². The van der Waals surface area contributed by atoms with Crippen LogP contribution >= 0.6 is 15.9 Å². The normalized spacial score (nSPS) is 11.5. The highest BCUT2D eigenvalue weighted by atomic mass is 79.9. The number of anilines is 1. The third-order valence-corrected chi connectivity index (χ3v) is 4.02. The van der Waals surface area contributed by atoms with Crippen LogP contribution in [-0.2, 0) is 9.53 Å². The van der Waals surface area contributed by atoms with Crippen molar-refractivity contribution in [2.45, 2.75) is 26.9 Å². The first-order valence-electron chi connectivity index (χ1n) is 7.91. The molecule has 2 rings (SSSR count). The highest BCUT2D eigenvalue weighted by Crippen LogP contribution is 2.20. The van der Waals surface area contributed by atoms with Gasteiger partial charge in [0.05, 0.1) is 12.2 Å². The second kappa shape index (κ2) is 8.67. The lowest BCUT2D eigenvalue weighted by atomic mass is 10.1. The van der Waals surface area contributed by atoms with Crippen LogP contribution in [0.2, 0.25) is 0 Å². The maximum Gasteiger partial charge on any atom is 0.338 e. The molecule has 0 saturated carbocycles. The number of hydrogen-bond donors (Lipinski definition) is 1. The molecule has 0 radical (unpaired) electrons. The van der Waals surface area contributed by atoms with E-state index in [1.54, 1.807) is 44.2 Å². The van der Waals surface area contributed by atoms with Crippen LogP contribution in [0.25, 0.3) is 0 Å². The Labute approximate surface area is 155 Å². The van der Waals surface area contributed by atoms with Gasteiger partial charge in [0.1, 0.15) is 5.75 Å². The van der Waals surface area contributed by atoms with Crippen molar-refractivity contribution in [1.82, 2.24) is 0 Å². The molecular weight excluding hydrogens is 386 g/mol. The summed E-state index contributed by atoms with van der Waals surface area (Å²) in [6.45, 7) is 5.58. The van der Waals surface area contributed by atoms with Crippen molar-refractivity contribution in [1.29, 1.82) is 0 Å². The Bertz CT molecular complexity index is 759. The molecule has 0 spiro atoms. The number of aryl methyl sites for hydroxylation is 1. The molecule has 1 atom stereocenters. The molecule has 1 amide bonds. The lowest BCUT2D eigenvalue weighted by Gasteiger charge is -2.16. The zero-order chi connectivity index (χ0) is 18.4. The lowest BCUT2D eigenvalue weighted by Crippen LogP contribution is -2.30. The second-order valence-electron chi connectivity index (χ2n) is 5.45. The molecule has 2 aromatic rings. The molecule has 25 heavy (non-hydrogen) atoms. The summed E-state index contributed by atoms with van der Waals surface area (Å²) in [5.74, 6) is -0.0365. The zero-order valence-corrected chi connectivity index (χ0v) is 15.9. The van der Waals surface area contributed by atoms with Crippen molar-refractivity contribution >= 4 is 33.5 Å². The highest BCUT2D eigenvalue weighted by Gasteiger charge is 2.16. The maximum absolute atomic E-state index is 12.3. The molecule has 6 heteroatoms. The first-order chi connectivity index (χ1) is 11.9. The summed E-state index contributed by atoms with van der Waals surface area (Å²) < 4.78 is 11.5. The van der Waals surface area contributed by atoms with Crippen LogP contribution in [0.3, 0.4) is 0 Å². The molecule has 1 N–H and O–H groups in total. The first kappa shape index (κ1) is 19.0. The largest absolute Gasteiger partial charge is 0.481 e. The Morgan fingerprint density at radius 3 is 2.44 bits per heavy atom. The van der Waals surface area contributed by atoms with Gasteiger partial charge in [0, 0.05) is 10.2 Å². The second-order valence-corrected chi connectivity index (χ2v) is 6.37. The van der Waals surface area contributed by atoms with Gasteiger partial charge >= 0.3 is 5.97 Å². The average molecular weight is 406 g/mol. The fourth-order valence-electron chi connectivity index (χ4n) is 2.15. The van der Waals surface area contributed by atoms with E-state index < -0.39 is 6.10 Å². The number of rotatable bonds is 6. The molecule has 0 aliphatic carbocycles. The van der Waals surface area contributed by atoms with Crippen molar-refractivity contribution in [3.63, 3.8) is 0 Å². The standard InChI is InChI=1S/C19H20BrNO4/c1-4-24-19(23)14-5-10-17(12(2)11-14)21-18(22)13(3)25-16-8-6-15(20)7-9-16/h5-11,13H,4H2,1-3H3,(H,21,22)/t13-/m0/s1. The predicted molar refractivity (Wildman–Crippen MR) is 100.0 cm³/mol. The van der Waals surface area contributed by atoms with Crippen molar-refractivity contribution in [3.8, 4) is 5.75 Å². The SMILES string of the molecule is CCOC(=O)c1ccc(NC(=O)[C@H](C)Oc2ccc(Br)cc2)c(C)c1. The third kappa shape index (κ3) is 5.32. The number of benzene rings is 2. The number of nitrogens with one attached hydrogen (secondary N) is 1. The van der Waals surface area contributed by atoms with Gasteiger partial charge in [-0.2, -0.15) is 0 Å². The van der Waals surface area contributed by atoms with E-state index in [0.29, 0.717) is 23.6 Å². The first-order valence-corrected chi connectivity index (χ1v) is 8.71. The quantitative estimate of drug-likeness (QED) is 0.725. The summed E-state index contributed by atoms with van der Waals surface area (Å²) in [6.07, 6.45) is -0.662. The summed E-state index contributed by atoms with van der Waals surface area (Å²) in [5, 5.41) is 2.81. The Morgan fingerprint density at radius 1 is 1.16 bits per heavy atom. The number of carbonyl (C=O) groups is 2. The van der Waals surface area contributed by atoms with E-state index in [1.807, 2.05) is 19.1 Å². The van der Waals surface area contributed by atoms with E-state index >= 15 is 0 Å². The van der Waals surface area contributed by atoms with Crippen LogP contribution in [0.15, 0.2) is 46.9 Å². The number of amides is 1. The molecule has 0 heterocycles. The van der Waals surface area contributed by atoms with Gasteiger partial charge in [0.15, 0.2) is 6.10 Å². The van der Waals surface area contributed by atoms with Crippen LogP contribution in [-0.4, -0.2) is 24.6 Å². The Kier molecular flexibility index (Phi) is 6.58. The molecule has 132 valence electrons. The molecule has 0 aromatic heterocycles. The minimum atomic E-state index is -0.662. The molecule has 0 bridgehead atoms. The molecule has 5 nitrogen and oxygen atoms in total. The average Bonchev–Trinajstić information content (AvgIpc) is 2.58. The van der Waals surface area contributed by atoms with Gasteiger partial charge in [-0.05, 0) is 68.8 Å². The fraction of sp³-hybridized carbons (Fsp3) is 0.263. The lowest BCUT2D eigenvalue weighted by molar-refractivity contribution is -0.122. The topological polar surface area (TPSA) is 64.6 Å². The van der Waals surface area contributed by atoms with Crippen molar-refractivity contribution in [3.05, 3.63) is 58.1 Å². The molecule has 0 aliphatic rings. The van der Waals surface area contributed by atoms with E-state index in [1.165, 1.54) is 0 Å². The van der Waals surface area contributed by atoms with Gasteiger partial charge in [-0.25, -0.2) is 4.79 Å². The summed E-state index contributed by atoms with van der Waals surface area (Å²) >= 11 is 3.35. The highest BCUT2D eigenvalue weighted by molar-refractivity contribution is 9.10. The van der Waals surface area contributed by atoms with Crippen LogP contribution < -0.4 is 10.1 Å². The summed E-state index contributed by atoms with van der Waals surface area (Å²) in [6, 6.07) is 12.3. The summed E-state index contributed by atoms with van der Waals surface area (Å²) in [4.78, 5) is 24.1. The Morgan fingerprint density at radius 2 is 1.84 bits per heavy atom. The van der Waals surface area contributed by atoms with Crippen LogP contribution in [0.1, 0.15) is 29.8 Å². The fourth-order valence-corrected chi connectivity index (χ4v) is 2.41. The monoisotopic (exact) mass is 405 g/mol. The maximum atomic E-state index is 12.3. The summed E-state index contributed by atoms with van der Waals surface area (Å²) in [7, 11) is 0. The van der Waals surface area contributed by atoms with E-state index in [4.69, 9.17) is 9.47 Å². The minimum absolute atomic E-state index is 0.269. The van der Waals surface area contributed by atoms with Gasteiger partial charge in [-0.1, -0.05) is 15.9 Å². The predicted octanol–water partition coefficient (Wildman–Crippen LogP) is 4.34. The number of ether oxygens (including phenoxy) is 2. The molecule has 0 aliphatic heterocycles.